The minimum absolute atomic E-state index is 0.540. The van der Waals surface area contributed by atoms with Crippen LogP contribution in [0.4, 0.5) is 0 Å². The number of carbonyl (C=O) groups is 1. The number of amides is 1. The highest BCUT2D eigenvalue weighted by atomic mass is 16.3. The van der Waals surface area contributed by atoms with Crippen molar-refractivity contribution in [2.45, 2.75) is 20.0 Å². The van der Waals surface area contributed by atoms with E-state index in [4.69, 9.17) is 0 Å². The minimum Gasteiger partial charge on any atom is -0.378 e. The number of hydrogen-bond acceptors (Lipinski definition) is 3. The van der Waals surface area contributed by atoms with Crippen LogP contribution in [0.2, 0.25) is 0 Å². The average Bonchev–Trinajstić information content (AvgIpc) is 2.53. The van der Waals surface area contributed by atoms with Crippen LogP contribution in [-0.2, 0) is 4.79 Å². The lowest BCUT2D eigenvalue weighted by atomic mass is 10.1. The second kappa shape index (κ2) is 6.81. The van der Waals surface area contributed by atoms with E-state index in [0.717, 1.165) is 11.1 Å². The molecule has 0 heterocycles. The van der Waals surface area contributed by atoms with Crippen LogP contribution in [0, 0.1) is 6.92 Å². The summed E-state index contributed by atoms with van der Waals surface area (Å²) in [6.07, 6.45) is -1.22. The summed E-state index contributed by atoms with van der Waals surface area (Å²) in [5, 5.41) is 14.0. The Morgan fingerprint density at radius 2 is 1.71 bits per heavy atom. The number of aryl methyl sites for hydroxylation is 1. The Bertz CT molecular complexity index is 634. The van der Waals surface area contributed by atoms with Gasteiger partial charge < -0.3 is 5.11 Å². The van der Waals surface area contributed by atoms with Gasteiger partial charge in [0.25, 0.3) is 5.91 Å². The number of carbonyl (C=O) groups excluding carboxylic acids is 1. The van der Waals surface area contributed by atoms with Crippen LogP contribution in [0.3, 0.4) is 0 Å². The zero-order valence-corrected chi connectivity index (χ0v) is 12.1. The minimum atomic E-state index is -1.22. The van der Waals surface area contributed by atoms with Gasteiger partial charge >= 0.3 is 0 Å². The smallest absolute Gasteiger partial charge is 0.273 e. The van der Waals surface area contributed by atoms with Gasteiger partial charge in [0.1, 0.15) is 0 Å². The summed E-state index contributed by atoms with van der Waals surface area (Å²) in [5.74, 6) is -0.548. The van der Waals surface area contributed by atoms with E-state index in [2.05, 4.69) is 10.5 Å². The van der Waals surface area contributed by atoms with Crippen molar-refractivity contribution in [1.29, 1.82) is 0 Å². The molecule has 0 saturated carbocycles. The van der Waals surface area contributed by atoms with Gasteiger partial charge in [0.05, 0.1) is 5.71 Å². The van der Waals surface area contributed by atoms with E-state index in [1.807, 2.05) is 37.3 Å². The first-order chi connectivity index (χ1) is 10.1. The topological polar surface area (TPSA) is 61.7 Å². The quantitative estimate of drug-likeness (QED) is 0.669. The first-order valence-electron chi connectivity index (χ1n) is 6.72. The molecule has 0 aliphatic heterocycles. The van der Waals surface area contributed by atoms with Crippen LogP contribution < -0.4 is 5.43 Å². The Balaban J connectivity index is 2.03. The maximum atomic E-state index is 11.9. The number of benzene rings is 2. The summed E-state index contributed by atoms with van der Waals surface area (Å²) < 4.78 is 0. The molecule has 0 bridgehead atoms. The molecule has 0 spiro atoms. The van der Waals surface area contributed by atoms with Crippen molar-refractivity contribution in [2.24, 2.45) is 5.10 Å². The molecular formula is C17H18N2O2. The first kappa shape index (κ1) is 14.9. The van der Waals surface area contributed by atoms with Crippen LogP contribution in [0.5, 0.6) is 0 Å². The molecule has 0 unspecified atom stereocenters. The number of nitrogens with one attached hydrogen (secondary N) is 1. The molecule has 4 heteroatoms. The fourth-order valence-corrected chi connectivity index (χ4v) is 1.85. The third-order valence-corrected chi connectivity index (χ3v) is 3.17. The zero-order valence-electron chi connectivity index (χ0n) is 12.1. The third-order valence-electron chi connectivity index (χ3n) is 3.17. The van der Waals surface area contributed by atoms with Crippen molar-refractivity contribution in [3.8, 4) is 0 Å². The van der Waals surface area contributed by atoms with Gasteiger partial charge in [-0.3, -0.25) is 4.79 Å². The molecule has 0 aliphatic rings. The average molecular weight is 282 g/mol. The fourth-order valence-electron chi connectivity index (χ4n) is 1.85. The van der Waals surface area contributed by atoms with E-state index in [0.29, 0.717) is 11.3 Å². The maximum absolute atomic E-state index is 11.9. The lowest BCUT2D eigenvalue weighted by molar-refractivity contribution is -0.129. The molecule has 0 aliphatic carbocycles. The van der Waals surface area contributed by atoms with E-state index >= 15 is 0 Å². The van der Waals surface area contributed by atoms with Crippen molar-refractivity contribution in [3.63, 3.8) is 0 Å². The second-order valence-corrected chi connectivity index (χ2v) is 4.85. The molecule has 0 aromatic heterocycles. The SMILES string of the molecule is C/C(=N/NC(=O)[C@H](O)c1ccccc1)c1ccc(C)cc1. The van der Waals surface area contributed by atoms with Gasteiger partial charge in [-0.2, -0.15) is 5.10 Å². The lowest BCUT2D eigenvalue weighted by Crippen LogP contribution is -2.26. The molecule has 0 fully saturated rings. The Labute approximate surface area is 124 Å². The molecule has 4 nitrogen and oxygen atoms in total. The number of rotatable bonds is 4. The summed E-state index contributed by atoms with van der Waals surface area (Å²) in [6.45, 7) is 3.81. The van der Waals surface area contributed by atoms with E-state index < -0.39 is 12.0 Å². The molecule has 108 valence electrons. The molecule has 21 heavy (non-hydrogen) atoms. The van der Waals surface area contributed by atoms with Crippen LogP contribution >= 0.6 is 0 Å². The standard InChI is InChI=1S/C17H18N2O2/c1-12-8-10-14(11-9-12)13(2)18-19-17(21)16(20)15-6-4-3-5-7-15/h3-11,16,20H,1-2H3,(H,19,21)/b18-13-/t16-/m1/s1. The highest BCUT2D eigenvalue weighted by Gasteiger charge is 2.16. The Kier molecular flexibility index (Phi) is 4.85. The Morgan fingerprint density at radius 1 is 1.10 bits per heavy atom. The van der Waals surface area contributed by atoms with Crippen molar-refractivity contribution >= 4 is 11.6 Å². The van der Waals surface area contributed by atoms with Gasteiger partial charge in [0, 0.05) is 0 Å². The molecule has 1 amide bonds. The van der Waals surface area contributed by atoms with Gasteiger partial charge in [-0.05, 0) is 25.0 Å². The number of hydrazone groups is 1. The number of nitrogens with zero attached hydrogens (tertiary/aromatic N) is 1. The highest BCUT2D eigenvalue weighted by molar-refractivity contribution is 5.99. The van der Waals surface area contributed by atoms with Gasteiger partial charge in [-0.15, -0.1) is 0 Å². The normalized spacial score (nSPS) is 12.8. The Morgan fingerprint density at radius 3 is 2.33 bits per heavy atom. The van der Waals surface area contributed by atoms with Gasteiger partial charge in [-0.1, -0.05) is 60.2 Å². The summed E-state index contributed by atoms with van der Waals surface area (Å²) in [7, 11) is 0. The maximum Gasteiger partial charge on any atom is 0.273 e. The predicted octanol–water partition coefficient (Wildman–Crippen LogP) is 2.57. The van der Waals surface area contributed by atoms with E-state index in [1.54, 1.807) is 31.2 Å². The number of hydrogen-bond donors (Lipinski definition) is 2. The van der Waals surface area contributed by atoms with Gasteiger partial charge in [0.2, 0.25) is 0 Å². The van der Waals surface area contributed by atoms with Crippen LogP contribution in [0.1, 0.15) is 29.7 Å². The fraction of sp³-hybridized carbons (Fsp3) is 0.176. The van der Waals surface area contributed by atoms with E-state index in [1.165, 1.54) is 0 Å². The summed E-state index contributed by atoms with van der Waals surface area (Å²) in [5.41, 5.74) is 5.70. The molecule has 1 atom stereocenters. The van der Waals surface area contributed by atoms with E-state index in [9.17, 15) is 9.90 Å². The van der Waals surface area contributed by atoms with Crippen molar-refractivity contribution in [2.75, 3.05) is 0 Å². The van der Waals surface area contributed by atoms with Crippen molar-refractivity contribution in [3.05, 3.63) is 71.3 Å². The monoisotopic (exact) mass is 282 g/mol. The van der Waals surface area contributed by atoms with Crippen LogP contribution in [-0.4, -0.2) is 16.7 Å². The van der Waals surface area contributed by atoms with Crippen molar-refractivity contribution < 1.29 is 9.90 Å². The summed E-state index contributed by atoms with van der Waals surface area (Å²) >= 11 is 0. The van der Waals surface area contributed by atoms with Gasteiger partial charge in [0.15, 0.2) is 6.10 Å². The number of aliphatic hydroxyl groups is 1. The molecule has 2 rings (SSSR count). The van der Waals surface area contributed by atoms with Crippen LogP contribution in [0.15, 0.2) is 59.7 Å². The second-order valence-electron chi connectivity index (χ2n) is 4.85. The molecule has 2 aromatic rings. The summed E-state index contributed by atoms with van der Waals surface area (Å²) in [4.78, 5) is 11.9. The molecule has 2 N–H and O–H groups in total. The first-order valence-corrected chi connectivity index (χ1v) is 6.72. The predicted molar refractivity (Wildman–Crippen MR) is 82.9 cm³/mol. The summed E-state index contributed by atoms with van der Waals surface area (Å²) in [6, 6.07) is 16.6. The number of aliphatic hydroxyl groups excluding tert-OH is 1. The lowest BCUT2D eigenvalue weighted by Gasteiger charge is -2.09. The van der Waals surface area contributed by atoms with Crippen LogP contribution in [0.25, 0.3) is 0 Å². The molecule has 0 saturated heterocycles. The largest absolute Gasteiger partial charge is 0.378 e. The third kappa shape index (κ3) is 4.00. The van der Waals surface area contributed by atoms with E-state index in [-0.39, 0.29) is 0 Å². The molecule has 0 radical (unpaired) electrons. The molecular weight excluding hydrogens is 264 g/mol. The van der Waals surface area contributed by atoms with Gasteiger partial charge in [-0.25, -0.2) is 5.43 Å². The molecule has 2 aromatic carbocycles. The zero-order chi connectivity index (χ0) is 15.2. The highest BCUT2D eigenvalue weighted by Crippen LogP contribution is 2.12. The van der Waals surface area contributed by atoms with Crippen molar-refractivity contribution in [1.82, 2.24) is 5.43 Å². The Hall–Kier alpha value is -2.46.